The summed E-state index contributed by atoms with van der Waals surface area (Å²) in [7, 11) is 0. The SMILES string of the molecule is CC.CCCC1CCC(C)CC1.CCCC1CCC(C2CCC(O)(C#Cc3ccc(C#CC4(N=O)CCC(C5CCC(CCC)CC5)CC4)cc3)CC2)CC1. The smallest absolute Gasteiger partial charge is 0.163 e. The fourth-order valence-electron chi connectivity index (χ4n) is 11.3. The Balaban J connectivity index is 0.000000482. The van der Waals surface area contributed by atoms with E-state index >= 15 is 0 Å². The first kappa shape index (κ1) is 45.6. The second kappa shape index (κ2) is 24.0. The molecule has 0 atom stereocenters. The highest BCUT2D eigenvalue weighted by Gasteiger charge is 2.39. The van der Waals surface area contributed by atoms with Crippen molar-refractivity contribution >= 4 is 0 Å². The molecule has 5 aliphatic carbocycles. The van der Waals surface area contributed by atoms with Gasteiger partial charge >= 0.3 is 0 Å². The molecule has 5 aliphatic rings. The Labute approximate surface area is 340 Å². The minimum absolute atomic E-state index is 0.731. The highest BCUT2D eigenvalue weighted by atomic mass is 16.3. The summed E-state index contributed by atoms with van der Waals surface area (Å²) in [5.41, 5.74) is 0.223. The van der Waals surface area contributed by atoms with E-state index in [4.69, 9.17) is 0 Å². The molecule has 0 amide bonds. The van der Waals surface area contributed by atoms with E-state index in [-0.39, 0.29) is 0 Å². The first-order chi connectivity index (χ1) is 26.8. The maximum Gasteiger partial charge on any atom is 0.163 e. The van der Waals surface area contributed by atoms with Gasteiger partial charge in [0, 0.05) is 11.1 Å². The van der Waals surface area contributed by atoms with Gasteiger partial charge in [0.25, 0.3) is 0 Å². The molecule has 5 saturated carbocycles. The summed E-state index contributed by atoms with van der Waals surface area (Å²) in [5.74, 6) is 20.3. The van der Waals surface area contributed by atoms with Crippen molar-refractivity contribution in [3.8, 4) is 23.7 Å². The molecule has 0 saturated heterocycles. The van der Waals surface area contributed by atoms with Gasteiger partial charge in [0.05, 0.1) is 0 Å². The van der Waals surface area contributed by atoms with Crippen molar-refractivity contribution in [3.05, 3.63) is 40.3 Å². The zero-order valence-electron chi connectivity index (χ0n) is 36.6. The molecule has 0 unspecified atom stereocenters. The predicted octanol–water partition coefficient (Wildman–Crippen LogP) is 14.9. The minimum Gasteiger partial charge on any atom is -0.378 e. The van der Waals surface area contributed by atoms with E-state index < -0.39 is 11.1 Å². The molecule has 55 heavy (non-hydrogen) atoms. The van der Waals surface area contributed by atoms with E-state index in [2.05, 4.69) is 56.6 Å². The normalized spacial score (nSPS) is 34.8. The third-order valence-corrected chi connectivity index (χ3v) is 15.0. The summed E-state index contributed by atoms with van der Waals surface area (Å²) in [6.07, 6.45) is 33.0. The first-order valence-electron chi connectivity index (χ1n) is 24.0. The van der Waals surface area contributed by atoms with Crippen molar-refractivity contribution < 1.29 is 5.11 Å². The van der Waals surface area contributed by atoms with Gasteiger partial charge in [-0.3, -0.25) is 0 Å². The highest BCUT2D eigenvalue weighted by Crippen LogP contribution is 2.45. The fourth-order valence-corrected chi connectivity index (χ4v) is 11.3. The van der Waals surface area contributed by atoms with E-state index in [1.807, 2.05) is 38.1 Å². The van der Waals surface area contributed by atoms with E-state index in [1.165, 1.54) is 116 Å². The van der Waals surface area contributed by atoms with E-state index in [1.54, 1.807) is 0 Å². The van der Waals surface area contributed by atoms with Crippen LogP contribution in [0.3, 0.4) is 0 Å². The van der Waals surface area contributed by atoms with Gasteiger partial charge in [-0.05, 0) is 149 Å². The molecule has 308 valence electrons. The van der Waals surface area contributed by atoms with Crippen LogP contribution in [0.5, 0.6) is 0 Å². The Kier molecular flexibility index (Phi) is 19.9. The van der Waals surface area contributed by atoms with Crippen LogP contribution in [0.25, 0.3) is 0 Å². The van der Waals surface area contributed by atoms with Crippen LogP contribution in [0.4, 0.5) is 0 Å². The lowest BCUT2D eigenvalue weighted by Gasteiger charge is -2.39. The van der Waals surface area contributed by atoms with E-state index in [0.717, 1.165) is 110 Å². The predicted molar refractivity (Wildman–Crippen MR) is 236 cm³/mol. The maximum atomic E-state index is 12.0. The van der Waals surface area contributed by atoms with E-state index in [0.29, 0.717) is 0 Å². The molecule has 5 fully saturated rings. The average molecular weight is 754 g/mol. The number of rotatable bonds is 9. The standard InChI is InChI=1S/C40H57NO2.C10H20.C2H6/c1-3-5-31-11-15-35(16-12-31)37-21-26-39(41-43,27-22-37)25-19-33-7-9-34(10-8-33)20-28-40(42)29-23-38(24-30-40)36-17-13-32(6-4-2)14-18-36;1-3-4-10-7-5-9(2)6-8-10;1-2/h7-10,31-32,35-38,42H,3-6,11-18,21-24,26-27,29-30H2,1-2H3;9-10H,3-8H2,1-2H3;1-2H3. The number of aliphatic hydroxyl groups is 1. The zero-order chi connectivity index (χ0) is 39.5. The molecule has 0 spiro atoms. The van der Waals surface area contributed by atoms with Crippen molar-refractivity contribution in [1.82, 2.24) is 0 Å². The lowest BCUT2D eigenvalue weighted by atomic mass is 9.67. The second-order valence-electron chi connectivity index (χ2n) is 19.0. The quantitative estimate of drug-likeness (QED) is 0.202. The van der Waals surface area contributed by atoms with Crippen LogP contribution >= 0.6 is 0 Å². The van der Waals surface area contributed by atoms with Crippen LogP contribution in [0.15, 0.2) is 29.4 Å². The maximum absolute atomic E-state index is 12.0. The zero-order valence-corrected chi connectivity index (χ0v) is 36.6. The van der Waals surface area contributed by atoms with Crippen LogP contribution in [0, 0.1) is 75.9 Å². The second-order valence-corrected chi connectivity index (χ2v) is 19.0. The largest absolute Gasteiger partial charge is 0.378 e. The summed E-state index contributed by atoms with van der Waals surface area (Å²) in [4.78, 5) is 12.0. The van der Waals surface area contributed by atoms with Gasteiger partial charge in [-0.25, -0.2) is 0 Å². The number of hydrogen-bond acceptors (Lipinski definition) is 3. The topological polar surface area (TPSA) is 49.7 Å². The third kappa shape index (κ3) is 14.7. The molecule has 1 aromatic rings. The number of nitroso groups, excluding NO2 is 1. The lowest BCUT2D eigenvalue weighted by Crippen LogP contribution is -2.35. The van der Waals surface area contributed by atoms with Gasteiger partial charge in [0.1, 0.15) is 5.60 Å². The van der Waals surface area contributed by atoms with Gasteiger partial charge in [-0.1, -0.05) is 160 Å². The van der Waals surface area contributed by atoms with Gasteiger partial charge in [-0.15, -0.1) is 4.91 Å². The first-order valence-corrected chi connectivity index (χ1v) is 24.0. The highest BCUT2D eigenvalue weighted by molar-refractivity contribution is 5.44. The average Bonchev–Trinajstić information content (AvgIpc) is 3.23. The molecule has 0 radical (unpaired) electrons. The molecular formula is C52H83NO2. The summed E-state index contributed by atoms with van der Waals surface area (Å²) < 4.78 is 0. The van der Waals surface area contributed by atoms with Crippen LogP contribution in [0.2, 0.25) is 0 Å². The molecule has 0 aliphatic heterocycles. The number of hydrogen-bond donors (Lipinski definition) is 1. The molecule has 0 aromatic heterocycles. The Hall–Kier alpha value is -2.10. The van der Waals surface area contributed by atoms with Crippen LogP contribution in [-0.2, 0) is 0 Å². The van der Waals surface area contributed by atoms with Crippen LogP contribution < -0.4 is 0 Å². The van der Waals surface area contributed by atoms with Crippen molar-refractivity contribution in [2.24, 2.45) is 52.5 Å². The van der Waals surface area contributed by atoms with E-state index in [9.17, 15) is 10.0 Å². The Morgan fingerprint density at radius 3 is 1.27 bits per heavy atom. The molecule has 0 bridgehead atoms. The summed E-state index contributed by atoms with van der Waals surface area (Å²) >= 11 is 0. The summed E-state index contributed by atoms with van der Waals surface area (Å²) in [6.45, 7) is 13.3. The summed E-state index contributed by atoms with van der Waals surface area (Å²) in [5, 5.41) is 14.8. The van der Waals surface area contributed by atoms with Crippen LogP contribution in [-0.4, -0.2) is 16.2 Å². The molecular weight excluding hydrogens is 671 g/mol. The molecule has 1 N–H and O–H groups in total. The van der Waals surface area contributed by atoms with Gasteiger partial charge < -0.3 is 5.11 Å². The Bertz CT molecular complexity index is 1320. The van der Waals surface area contributed by atoms with Crippen molar-refractivity contribution in [3.63, 3.8) is 0 Å². The summed E-state index contributed by atoms with van der Waals surface area (Å²) in [6, 6.07) is 7.97. The van der Waals surface area contributed by atoms with Gasteiger partial charge in [0.2, 0.25) is 0 Å². The van der Waals surface area contributed by atoms with Gasteiger partial charge in [0.15, 0.2) is 5.54 Å². The Morgan fingerprint density at radius 2 is 0.891 bits per heavy atom. The molecule has 0 heterocycles. The lowest BCUT2D eigenvalue weighted by molar-refractivity contribution is 0.0256. The molecule has 1 aromatic carbocycles. The fraction of sp³-hybridized carbons (Fsp3) is 0.808. The van der Waals surface area contributed by atoms with Crippen molar-refractivity contribution in [1.29, 1.82) is 0 Å². The molecule has 6 rings (SSSR count). The van der Waals surface area contributed by atoms with Crippen LogP contribution in [0.1, 0.15) is 220 Å². The monoisotopic (exact) mass is 754 g/mol. The van der Waals surface area contributed by atoms with Crippen molar-refractivity contribution in [2.45, 2.75) is 220 Å². The molecule has 3 nitrogen and oxygen atoms in total. The van der Waals surface area contributed by atoms with Crippen molar-refractivity contribution in [2.75, 3.05) is 0 Å². The molecule has 3 heteroatoms. The Morgan fingerprint density at radius 1 is 0.545 bits per heavy atom. The number of benzene rings is 1. The minimum atomic E-state index is -0.857. The number of nitrogens with zero attached hydrogens (tertiary/aromatic N) is 1. The third-order valence-electron chi connectivity index (χ3n) is 15.0. The van der Waals surface area contributed by atoms with Gasteiger partial charge in [-0.2, -0.15) is 0 Å².